The summed E-state index contributed by atoms with van der Waals surface area (Å²) in [5, 5.41) is 16.1. The molecule has 0 saturated heterocycles. The first-order valence-corrected chi connectivity index (χ1v) is 5.85. The van der Waals surface area contributed by atoms with Crippen molar-refractivity contribution in [3.05, 3.63) is 29.8 Å². The predicted molar refractivity (Wildman–Crippen MR) is 69.6 cm³/mol. The topological polar surface area (TPSA) is 92.9 Å². The van der Waals surface area contributed by atoms with Gasteiger partial charge >= 0.3 is 5.97 Å². The monoisotopic (exact) mass is 261 g/mol. The van der Waals surface area contributed by atoms with Gasteiger partial charge in [-0.1, -0.05) is 0 Å². The van der Waals surface area contributed by atoms with Gasteiger partial charge in [-0.2, -0.15) is 5.10 Å². The van der Waals surface area contributed by atoms with Crippen molar-refractivity contribution in [1.29, 1.82) is 0 Å². The summed E-state index contributed by atoms with van der Waals surface area (Å²) in [6.45, 7) is 5.69. The highest BCUT2D eigenvalue weighted by Crippen LogP contribution is 2.15. The summed E-state index contributed by atoms with van der Waals surface area (Å²) >= 11 is 0. The number of hydrogen-bond donors (Lipinski definition) is 2. The number of nitrogens with one attached hydrogen (secondary N) is 1. The molecule has 2 heterocycles. The van der Waals surface area contributed by atoms with Gasteiger partial charge in [-0.3, -0.25) is 4.68 Å². The van der Waals surface area contributed by atoms with Gasteiger partial charge < -0.3 is 10.4 Å². The quantitative estimate of drug-likeness (QED) is 0.874. The van der Waals surface area contributed by atoms with E-state index in [1.165, 1.54) is 6.20 Å². The van der Waals surface area contributed by atoms with Crippen LogP contribution in [0.3, 0.4) is 0 Å². The molecule has 2 N–H and O–H groups in total. The Kier molecular flexibility index (Phi) is 3.46. The molecule has 0 aliphatic carbocycles. The summed E-state index contributed by atoms with van der Waals surface area (Å²) < 4.78 is 1.81. The first kappa shape index (κ1) is 13.0. The standard InChI is InChI=1S/C12H15N5O2/c1-7(2)17-6-9(4-14-17)16-12-13-5-10(11(18)19)8(3)15-12/h4-7H,1-3H3,(H,18,19)(H,13,15,16). The van der Waals surface area contributed by atoms with E-state index < -0.39 is 5.97 Å². The molecule has 0 bridgehead atoms. The smallest absolute Gasteiger partial charge is 0.339 e. The molecule has 0 aliphatic heterocycles. The number of carboxylic acids is 1. The summed E-state index contributed by atoms with van der Waals surface area (Å²) in [5.74, 6) is -0.678. The minimum atomic E-state index is -1.03. The van der Waals surface area contributed by atoms with Crippen LogP contribution in [-0.2, 0) is 0 Å². The number of aromatic carboxylic acids is 1. The highest BCUT2D eigenvalue weighted by atomic mass is 16.4. The Morgan fingerprint density at radius 3 is 2.68 bits per heavy atom. The van der Waals surface area contributed by atoms with Gasteiger partial charge in [0.15, 0.2) is 0 Å². The molecule has 0 amide bonds. The van der Waals surface area contributed by atoms with Crippen LogP contribution in [0.1, 0.15) is 35.9 Å². The van der Waals surface area contributed by atoms with Gasteiger partial charge in [0.25, 0.3) is 0 Å². The number of carboxylic acid groups (broad SMARTS) is 1. The number of anilines is 2. The lowest BCUT2D eigenvalue weighted by Gasteiger charge is -2.05. The molecular weight excluding hydrogens is 246 g/mol. The summed E-state index contributed by atoms with van der Waals surface area (Å²) in [4.78, 5) is 18.9. The van der Waals surface area contributed by atoms with Crippen molar-refractivity contribution in [2.75, 3.05) is 5.32 Å². The summed E-state index contributed by atoms with van der Waals surface area (Å²) in [5.41, 5.74) is 1.28. The summed E-state index contributed by atoms with van der Waals surface area (Å²) in [6.07, 6.45) is 4.80. The normalized spacial score (nSPS) is 10.7. The molecule has 0 radical (unpaired) electrons. The third kappa shape index (κ3) is 2.87. The van der Waals surface area contributed by atoms with Crippen molar-refractivity contribution in [2.24, 2.45) is 0 Å². The van der Waals surface area contributed by atoms with E-state index in [4.69, 9.17) is 5.11 Å². The Bertz CT molecular complexity index is 606. The molecule has 0 aromatic carbocycles. The van der Waals surface area contributed by atoms with Gasteiger partial charge in [0, 0.05) is 18.4 Å². The second kappa shape index (κ2) is 5.05. The maximum Gasteiger partial charge on any atom is 0.339 e. The Labute approximate surface area is 110 Å². The average Bonchev–Trinajstić information content (AvgIpc) is 2.77. The van der Waals surface area contributed by atoms with Crippen LogP contribution in [0.15, 0.2) is 18.6 Å². The third-order valence-corrected chi connectivity index (χ3v) is 2.60. The second-order valence-electron chi connectivity index (χ2n) is 4.43. The number of nitrogens with zero attached hydrogens (tertiary/aromatic N) is 4. The zero-order chi connectivity index (χ0) is 14.0. The summed E-state index contributed by atoms with van der Waals surface area (Å²) in [6, 6.07) is 0.271. The van der Waals surface area contributed by atoms with E-state index in [1.54, 1.807) is 17.8 Å². The fourth-order valence-corrected chi connectivity index (χ4v) is 1.55. The molecular formula is C12H15N5O2. The average molecular weight is 261 g/mol. The molecule has 7 nitrogen and oxygen atoms in total. The van der Waals surface area contributed by atoms with Crippen molar-refractivity contribution in [3.8, 4) is 0 Å². The molecule has 2 rings (SSSR count). The van der Waals surface area contributed by atoms with Gasteiger partial charge in [0.1, 0.15) is 0 Å². The maximum absolute atomic E-state index is 10.9. The molecule has 7 heteroatoms. The van der Waals surface area contributed by atoms with Crippen molar-refractivity contribution < 1.29 is 9.90 Å². The maximum atomic E-state index is 10.9. The van der Waals surface area contributed by atoms with Gasteiger partial charge in [0.2, 0.25) is 5.95 Å². The highest BCUT2D eigenvalue weighted by Gasteiger charge is 2.10. The lowest BCUT2D eigenvalue weighted by atomic mass is 10.2. The Morgan fingerprint density at radius 2 is 2.16 bits per heavy atom. The van der Waals surface area contributed by atoms with Crippen LogP contribution in [-0.4, -0.2) is 30.8 Å². The van der Waals surface area contributed by atoms with Crippen LogP contribution in [0.25, 0.3) is 0 Å². The van der Waals surface area contributed by atoms with Crippen molar-refractivity contribution in [2.45, 2.75) is 26.8 Å². The molecule has 0 saturated carbocycles. The number of aryl methyl sites for hydroxylation is 1. The molecule has 100 valence electrons. The van der Waals surface area contributed by atoms with Crippen LogP contribution in [0.5, 0.6) is 0 Å². The Hall–Kier alpha value is -2.44. The van der Waals surface area contributed by atoms with E-state index in [-0.39, 0.29) is 11.6 Å². The predicted octanol–water partition coefficient (Wildman–Crippen LogP) is 2.00. The first-order chi connectivity index (χ1) is 8.97. The first-order valence-electron chi connectivity index (χ1n) is 5.85. The van der Waals surface area contributed by atoms with Crippen molar-refractivity contribution in [1.82, 2.24) is 19.7 Å². The van der Waals surface area contributed by atoms with E-state index >= 15 is 0 Å². The number of hydrogen-bond acceptors (Lipinski definition) is 5. The molecule has 2 aromatic rings. The minimum absolute atomic E-state index is 0.100. The minimum Gasteiger partial charge on any atom is -0.478 e. The Morgan fingerprint density at radius 1 is 1.42 bits per heavy atom. The SMILES string of the molecule is Cc1nc(Nc2cnn(C(C)C)c2)ncc1C(=O)O. The van der Waals surface area contributed by atoms with Gasteiger partial charge in [0.05, 0.1) is 23.1 Å². The van der Waals surface area contributed by atoms with Crippen LogP contribution in [0.4, 0.5) is 11.6 Å². The fourth-order valence-electron chi connectivity index (χ4n) is 1.55. The Balaban J connectivity index is 2.19. The fraction of sp³-hybridized carbons (Fsp3) is 0.333. The van der Waals surface area contributed by atoms with Crippen LogP contribution >= 0.6 is 0 Å². The number of carbonyl (C=O) groups is 1. The molecule has 0 aliphatic rings. The molecule has 19 heavy (non-hydrogen) atoms. The number of aromatic nitrogens is 4. The van der Waals surface area contributed by atoms with Gasteiger partial charge in [-0.25, -0.2) is 14.8 Å². The number of rotatable bonds is 4. The zero-order valence-corrected chi connectivity index (χ0v) is 11.0. The molecule has 0 fully saturated rings. The van der Waals surface area contributed by atoms with E-state index in [0.29, 0.717) is 11.6 Å². The van der Waals surface area contributed by atoms with Gasteiger partial charge in [-0.05, 0) is 20.8 Å². The lowest BCUT2D eigenvalue weighted by molar-refractivity contribution is 0.0695. The highest BCUT2D eigenvalue weighted by molar-refractivity contribution is 5.88. The van der Waals surface area contributed by atoms with Crippen LogP contribution in [0, 0.1) is 6.92 Å². The van der Waals surface area contributed by atoms with Crippen LogP contribution < -0.4 is 5.32 Å². The lowest BCUT2D eigenvalue weighted by Crippen LogP contribution is -2.06. The molecule has 0 unspecified atom stereocenters. The molecule has 0 spiro atoms. The van der Waals surface area contributed by atoms with E-state index in [9.17, 15) is 4.79 Å². The van der Waals surface area contributed by atoms with Crippen molar-refractivity contribution >= 4 is 17.6 Å². The third-order valence-electron chi connectivity index (χ3n) is 2.60. The van der Waals surface area contributed by atoms with Crippen molar-refractivity contribution in [3.63, 3.8) is 0 Å². The van der Waals surface area contributed by atoms with Crippen LogP contribution in [0.2, 0.25) is 0 Å². The zero-order valence-electron chi connectivity index (χ0n) is 11.0. The van der Waals surface area contributed by atoms with E-state index in [1.807, 2.05) is 20.0 Å². The van der Waals surface area contributed by atoms with Gasteiger partial charge in [-0.15, -0.1) is 0 Å². The largest absolute Gasteiger partial charge is 0.478 e. The molecule has 0 atom stereocenters. The summed E-state index contributed by atoms with van der Waals surface area (Å²) in [7, 11) is 0. The second-order valence-corrected chi connectivity index (χ2v) is 4.43. The van der Waals surface area contributed by atoms with E-state index in [2.05, 4.69) is 20.4 Å². The van der Waals surface area contributed by atoms with E-state index in [0.717, 1.165) is 5.69 Å². The molecule has 2 aromatic heterocycles.